The molecule has 0 aliphatic carbocycles. The van der Waals surface area contributed by atoms with Gasteiger partial charge in [0.15, 0.2) is 0 Å². The summed E-state index contributed by atoms with van der Waals surface area (Å²) in [6, 6.07) is 9.32. The molecule has 2 aromatic rings. The summed E-state index contributed by atoms with van der Waals surface area (Å²) in [5.74, 6) is 1.15. The zero-order valence-electron chi connectivity index (χ0n) is 14.2. The minimum absolute atomic E-state index is 0.0972. The number of furan rings is 1. The molecule has 0 saturated carbocycles. The first-order valence-corrected chi connectivity index (χ1v) is 9.07. The van der Waals surface area contributed by atoms with Gasteiger partial charge in [0.25, 0.3) is 0 Å². The fourth-order valence-corrected chi connectivity index (χ4v) is 4.15. The number of aliphatic hydroxyl groups excluding tert-OH is 1. The highest BCUT2D eigenvalue weighted by atomic mass is 35.5. The molecule has 4 nitrogen and oxygen atoms in total. The number of rotatable bonds is 3. The Morgan fingerprint density at radius 2 is 2.08 bits per heavy atom. The van der Waals surface area contributed by atoms with Crippen molar-refractivity contribution in [3.05, 3.63) is 46.9 Å². The molecular weight excluding hydrogens is 343 g/mol. The van der Waals surface area contributed by atoms with E-state index in [1.54, 1.807) is 12.1 Å². The number of hydrogen-bond donors (Lipinski definition) is 1. The maximum Gasteiger partial charge on any atom is 0.141 e. The van der Waals surface area contributed by atoms with Crippen molar-refractivity contribution in [2.45, 2.75) is 38.1 Å². The van der Waals surface area contributed by atoms with Crippen LogP contribution in [0.1, 0.15) is 19.1 Å². The van der Waals surface area contributed by atoms with Crippen molar-refractivity contribution in [2.75, 3.05) is 19.6 Å². The molecule has 4 rings (SSSR count). The summed E-state index contributed by atoms with van der Waals surface area (Å²) in [4.78, 5) is 4.79. The number of hydrogen-bond acceptors (Lipinski definition) is 4. The van der Waals surface area contributed by atoms with E-state index in [0.717, 1.165) is 43.9 Å². The van der Waals surface area contributed by atoms with Gasteiger partial charge < -0.3 is 9.52 Å². The first kappa shape index (κ1) is 17.0. The van der Waals surface area contributed by atoms with Crippen molar-refractivity contribution in [3.63, 3.8) is 0 Å². The van der Waals surface area contributed by atoms with Gasteiger partial charge in [0.2, 0.25) is 0 Å². The van der Waals surface area contributed by atoms with Gasteiger partial charge in [-0.25, -0.2) is 4.39 Å². The molecule has 134 valence electrons. The smallest absolute Gasteiger partial charge is 0.141 e. The lowest BCUT2D eigenvalue weighted by Gasteiger charge is -2.41. The van der Waals surface area contributed by atoms with E-state index in [9.17, 15) is 9.50 Å². The average molecular weight is 365 g/mol. The van der Waals surface area contributed by atoms with Gasteiger partial charge >= 0.3 is 0 Å². The molecule has 0 amide bonds. The largest absolute Gasteiger partial charge is 0.460 e. The van der Waals surface area contributed by atoms with Gasteiger partial charge in [-0.05, 0) is 43.7 Å². The van der Waals surface area contributed by atoms with E-state index in [-0.39, 0.29) is 11.1 Å². The molecule has 2 saturated heterocycles. The van der Waals surface area contributed by atoms with E-state index < -0.39 is 5.82 Å². The van der Waals surface area contributed by atoms with Crippen LogP contribution in [0.4, 0.5) is 4.39 Å². The van der Waals surface area contributed by atoms with Gasteiger partial charge in [-0.1, -0.05) is 11.6 Å². The van der Waals surface area contributed by atoms with Crippen LogP contribution in [0.2, 0.25) is 5.02 Å². The Bertz CT molecular complexity index is 766. The quantitative estimate of drug-likeness (QED) is 0.906. The Kier molecular flexibility index (Phi) is 4.58. The summed E-state index contributed by atoms with van der Waals surface area (Å²) in [6.07, 6.45) is 0.649. The molecule has 0 radical (unpaired) electrons. The molecule has 6 heteroatoms. The summed E-state index contributed by atoms with van der Waals surface area (Å²) < 4.78 is 19.3. The van der Waals surface area contributed by atoms with Crippen LogP contribution in [-0.4, -0.2) is 52.7 Å². The highest BCUT2D eigenvalue weighted by Crippen LogP contribution is 2.29. The first-order valence-electron chi connectivity index (χ1n) is 8.70. The van der Waals surface area contributed by atoms with E-state index in [4.69, 9.17) is 16.0 Å². The third-order valence-corrected chi connectivity index (χ3v) is 5.59. The zero-order valence-corrected chi connectivity index (χ0v) is 14.9. The summed E-state index contributed by atoms with van der Waals surface area (Å²) >= 11 is 5.86. The minimum atomic E-state index is -0.428. The van der Waals surface area contributed by atoms with Gasteiger partial charge in [0.1, 0.15) is 17.3 Å². The van der Waals surface area contributed by atoms with Crippen LogP contribution < -0.4 is 0 Å². The molecule has 2 fully saturated rings. The van der Waals surface area contributed by atoms with Gasteiger partial charge in [-0.3, -0.25) is 9.80 Å². The van der Waals surface area contributed by atoms with Gasteiger partial charge in [-0.15, -0.1) is 0 Å². The van der Waals surface area contributed by atoms with Gasteiger partial charge in [0.05, 0.1) is 17.7 Å². The van der Waals surface area contributed by atoms with E-state index >= 15 is 0 Å². The Morgan fingerprint density at radius 3 is 2.88 bits per heavy atom. The second-order valence-corrected chi connectivity index (χ2v) is 7.58. The summed E-state index contributed by atoms with van der Waals surface area (Å²) in [5.41, 5.74) is 0.773. The lowest BCUT2D eigenvalue weighted by atomic mass is 10.1. The molecule has 1 aromatic heterocycles. The monoisotopic (exact) mass is 364 g/mol. The number of nitrogens with zero attached hydrogens (tertiary/aromatic N) is 2. The first-order chi connectivity index (χ1) is 12.0. The minimum Gasteiger partial charge on any atom is -0.460 e. The Labute approximate surface area is 151 Å². The molecule has 1 N–H and O–H groups in total. The third-order valence-electron chi connectivity index (χ3n) is 5.30. The molecule has 0 spiro atoms. The van der Waals surface area contributed by atoms with Gasteiger partial charge in [0, 0.05) is 37.3 Å². The second kappa shape index (κ2) is 6.72. The fourth-order valence-electron chi connectivity index (χ4n) is 3.96. The van der Waals surface area contributed by atoms with Crippen LogP contribution >= 0.6 is 11.6 Å². The van der Waals surface area contributed by atoms with Crippen LogP contribution in [0.3, 0.4) is 0 Å². The summed E-state index contributed by atoms with van der Waals surface area (Å²) in [6.45, 7) is 5.65. The van der Waals surface area contributed by atoms with Crippen LogP contribution in [0.25, 0.3) is 11.3 Å². The number of piperazine rings is 1. The SMILES string of the molecule is C[C@@H]1CN2C[C@H](O)CC2CN1Cc1ccc(-c2ccc(F)c(Cl)c2)o1. The molecular formula is C19H22ClFN2O2. The maximum atomic E-state index is 13.3. The van der Waals surface area contributed by atoms with Crippen molar-refractivity contribution in [3.8, 4) is 11.3 Å². The van der Waals surface area contributed by atoms with Gasteiger partial charge in [-0.2, -0.15) is 0 Å². The fraction of sp³-hybridized carbons (Fsp3) is 0.474. The molecule has 2 aliphatic rings. The Hall–Kier alpha value is -1.40. The van der Waals surface area contributed by atoms with Crippen LogP contribution in [0.15, 0.2) is 34.7 Å². The predicted molar refractivity (Wildman–Crippen MR) is 95.0 cm³/mol. The normalized spacial score (nSPS) is 27.6. The van der Waals surface area contributed by atoms with Crippen LogP contribution in [-0.2, 0) is 6.54 Å². The van der Waals surface area contributed by atoms with E-state index in [1.165, 1.54) is 6.07 Å². The van der Waals surface area contributed by atoms with Crippen molar-refractivity contribution in [1.82, 2.24) is 9.80 Å². The Morgan fingerprint density at radius 1 is 1.24 bits per heavy atom. The second-order valence-electron chi connectivity index (χ2n) is 7.17. The average Bonchev–Trinajstić information content (AvgIpc) is 3.16. The molecule has 0 bridgehead atoms. The van der Waals surface area contributed by atoms with Crippen LogP contribution in [0.5, 0.6) is 0 Å². The van der Waals surface area contributed by atoms with Crippen LogP contribution in [0, 0.1) is 5.82 Å². The lowest BCUT2D eigenvalue weighted by Crippen LogP contribution is -2.54. The molecule has 3 atom stereocenters. The van der Waals surface area contributed by atoms with E-state index in [2.05, 4.69) is 16.7 Å². The highest BCUT2D eigenvalue weighted by Gasteiger charge is 2.38. The lowest BCUT2D eigenvalue weighted by molar-refractivity contribution is 0.0485. The van der Waals surface area contributed by atoms with E-state index in [1.807, 2.05) is 12.1 Å². The highest BCUT2D eigenvalue weighted by molar-refractivity contribution is 6.31. The van der Waals surface area contributed by atoms with Crippen molar-refractivity contribution >= 4 is 11.6 Å². The number of benzene rings is 1. The maximum absolute atomic E-state index is 13.3. The number of halogens is 2. The summed E-state index contributed by atoms with van der Waals surface area (Å²) in [5, 5.41) is 9.97. The predicted octanol–water partition coefficient (Wildman–Crippen LogP) is 3.38. The number of fused-ring (bicyclic) bond motifs is 1. The van der Waals surface area contributed by atoms with E-state index in [0.29, 0.717) is 17.8 Å². The summed E-state index contributed by atoms with van der Waals surface area (Å²) in [7, 11) is 0. The standard InChI is InChI=1S/C19H22ClFN2O2/c1-12-8-23-10-15(24)7-14(23)9-22(12)11-16-3-5-19(25-16)13-2-4-18(21)17(20)6-13/h2-6,12,14-15,24H,7-11H2,1H3/t12-,14?,15-/m1/s1. The number of aliphatic hydroxyl groups is 1. The molecule has 1 unspecified atom stereocenters. The zero-order chi connectivity index (χ0) is 17.6. The third kappa shape index (κ3) is 3.47. The van der Waals surface area contributed by atoms with Crippen molar-refractivity contribution in [2.24, 2.45) is 0 Å². The molecule has 3 heterocycles. The van der Waals surface area contributed by atoms with Crippen molar-refractivity contribution < 1.29 is 13.9 Å². The van der Waals surface area contributed by atoms with Crippen molar-refractivity contribution in [1.29, 1.82) is 0 Å². The molecule has 1 aromatic carbocycles. The molecule has 2 aliphatic heterocycles. The topological polar surface area (TPSA) is 39.9 Å². The Balaban J connectivity index is 1.46. The molecule has 25 heavy (non-hydrogen) atoms.